The van der Waals surface area contributed by atoms with Gasteiger partial charge in [0, 0.05) is 33.2 Å². The lowest BCUT2D eigenvalue weighted by Gasteiger charge is -2.25. The van der Waals surface area contributed by atoms with Gasteiger partial charge in [0.15, 0.2) is 0 Å². The van der Waals surface area contributed by atoms with Gasteiger partial charge in [-0.05, 0) is 71.1 Å². The zero-order chi connectivity index (χ0) is 27.9. The molecule has 0 fully saturated rings. The molecule has 42 heavy (non-hydrogen) atoms. The van der Waals surface area contributed by atoms with E-state index in [9.17, 15) is 0 Å². The number of para-hydroxylation sites is 4. The van der Waals surface area contributed by atoms with Gasteiger partial charge in [0.05, 0.1) is 16.7 Å². The quantitative estimate of drug-likeness (QED) is 0.212. The van der Waals surface area contributed by atoms with Gasteiger partial charge in [-0.2, -0.15) is 0 Å². The van der Waals surface area contributed by atoms with Crippen LogP contribution in [0.25, 0.3) is 49.4 Å². The van der Waals surface area contributed by atoms with E-state index in [1.807, 2.05) is 0 Å². The van der Waals surface area contributed by atoms with E-state index in [-0.39, 0.29) is 0 Å². The number of aromatic nitrogens is 1. The van der Waals surface area contributed by atoms with Crippen LogP contribution in [0.1, 0.15) is 0 Å². The van der Waals surface area contributed by atoms with Crippen molar-refractivity contribution >= 4 is 49.6 Å². The molecule has 0 aliphatic rings. The Morgan fingerprint density at radius 3 is 1.36 bits per heavy atom. The molecule has 7 aromatic carbocycles. The summed E-state index contributed by atoms with van der Waals surface area (Å²) in [4.78, 5) is 2.30. The van der Waals surface area contributed by atoms with Crippen LogP contribution in [0.15, 0.2) is 170 Å². The van der Waals surface area contributed by atoms with E-state index in [0.29, 0.717) is 0 Å². The third kappa shape index (κ3) is 3.96. The Hall–Kier alpha value is -5.60. The largest absolute Gasteiger partial charge is 0.311 e. The average molecular weight is 537 g/mol. The fourth-order valence-corrected chi connectivity index (χ4v) is 6.30. The van der Waals surface area contributed by atoms with Crippen LogP contribution in [0.3, 0.4) is 0 Å². The van der Waals surface area contributed by atoms with E-state index in [1.54, 1.807) is 0 Å². The number of fused-ring (bicyclic) bond motifs is 4. The minimum Gasteiger partial charge on any atom is -0.311 e. The van der Waals surface area contributed by atoms with E-state index < -0.39 is 0 Å². The van der Waals surface area contributed by atoms with Crippen LogP contribution in [-0.2, 0) is 0 Å². The van der Waals surface area contributed by atoms with Crippen molar-refractivity contribution in [2.75, 3.05) is 4.90 Å². The van der Waals surface area contributed by atoms with Crippen LogP contribution in [0.4, 0.5) is 17.1 Å². The maximum Gasteiger partial charge on any atom is 0.0541 e. The Morgan fingerprint density at radius 2 is 0.786 bits per heavy atom. The Balaban J connectivity index is 1.27. The fourth-order valence-electron chi connectivity index (χ4n) is 6.30. The first-order valence-corrected chi connectivity index (χ1v) is 14.4. The summed E-state index contributed by atoms with van der Waals surface area (Å²) >= 11 is 0. The molecule has 198 valence electrons. The van der Waals surface area contributed by atoms with Crippen molar-refractivity contribution in [1.82, 2.24) is 4.57 Å². The highest BCUT2D eigenvalue weighted by atomic mass is 15.1. The maximum absolute atomic E-state index is 2.41. The second kappa shape index (κ2) is 10.1. The van der Waals surface area contributed by atoms with E-state index >= 15 is 0 Å². The van der Waals surface area contributed by atoms with Gasteiger partial charge in [-0.3, -0.25) is 0 Å². The van der Waals surface area contributed by atoms with Crippen molar-refractivity contribution in [2.45, 2.75) is 0 Å². The first-order valence-electron chi connectivity index (χ1n) is 14.4. The van der Waals surface area contributed by atoms with Crippen LogP contribution < -0.4 is 4.90 Å². The van der Waals surface area contributed by atoms with E-state index in [4.69, 9.17) is 0 Å². The molecule has 2 nitrogen and oxygen atoms in total. The van der Waals surface area contributed by atoms with Crippen LogP contribution in [-0.4, -0.2) is 4.57 Å². The standard InChI is InChI=1S/C40H28N2/c1-3-13-30(14-4-1)41(31-15-5-2-6-16-31)32-25-23-29(24-26-32)33-27-28-40(35-18-8-7-17-34(33)35)42-38-21-11-9-19-36(38)37-20-10-12-22-39(37)42/h1-28H. The number of rotatable bonds is 5. The molecule has 0 amide bonds. The molecule has 0 N–H and O–H groups in total. The molecule has 0 spiro atoms. The monoisotopic (exact) mass is 536 g/mol. The number of anilines is 3. The third-order valence-electron chi connectivity index (χ3n) is 8.19. The van der Waals surface area contributed by atoms with Gasteiger partial charge < -0.3 is 9.47 Å². The van der Waals surface area contributed by atoms with Crippen LogP contribution in [0.2, 0.25) is 0 Å². The van der Waals surface area contributed by atoms with Crippen molar-refractivity contribution in [3.63, 3.8) is 0 Å². The molecule has 0 aliphatic heterocycles. The Kier molecular flexibility index (Phi) is 5.82. The smallest absolute Gasteiger partial charge is 0.0541 e. The normalized spacial score (nSPS) is 11.3. The highest BCUT2D eigenvalue weighted by molar-refractivity contribution is 6.11. The molecule has 1 heterocycles. The fraction of sp³-hybridized carbons (Fsp3) is 0. The minimum atomic E-state index is 1.13. The lowest BCUT2D eigenvalue weighted by Crippen LogP contribution is -2.09. The molecule has 0 unspecified atom stereocenters. The summed E-state index contributed by atoms with van der Waals surface area (Å²) in [5.41, 5.74) is 9.48. The van der Waals surface area contributed by atoms with Gasteiger partial charge in [0.2, 0.25) is 0 Å². The van der Waals surface area contributed by atoms with Crippen molar-refractivity contribution in [3.8, 4) is 16.8 Å². The van der Waals surface area contributed by atoms with Gasteiger partial charge in [-0.15, -0.1) is 0 Å². The molecule has 1 aromatic heterocycles. The van der Waals surface area contributed by atoms with Crippen molar-refractivity contribution in [1.29, 1.82) is 0 Å². The van der Waals surface area contributed by atoms with Gasteiger partial charge in [0.25, 0.3) is 0 Å². The summed E-state index contributed by atoms with van der Waals surface area (Å²) in [5.74, 6) is 0. The third-order valence-corrected chi connectivity index (χ3v) is 8.19. The first-order chi connectivity index (χ1) is 20.9. The van der Waals surface area contributed by atoms with E-state index in [2.05, 4.69) is 179 Å². The number of nitrogens with zero attached hydrogens (tertiary/aromatic N) is 2. The summed E-state index contributed by atoms with van der Waals surface area (Å²) in [6.45, 7) is 0. The molecule has 2 heteroatoms. The van der Waals surface area contributed by atoms with Crippen molar-refractivity contribution in [2.24, 2.45) is 0 Å². The zero-order valence-electron chi connectivity index (χ0n) is 23.1. The van der Waals surface area contributed by atoms with E-state index in [0.717, 1.165) is 17.1 Å². The second-order valence-corrected chi connectivity index (χ2v) is 10.6. The van der Waals surface area contributed by atoms with Crippen LogP contribution in [0, 0.1) is 0 Å². The molecule has 0 bridgehead atoms. The number of hydrogen-bond donors (Lipinski definition) is 0. The molecule has 0 saturated carbocycles. The topological polar surface area (TPSA) is 8.17 Å². The molecule has 0 saturated heterocycles. The zero-order valence-corrected chi connectivity index (χ0v) is 23.1. The van der Waals surface area contributed by atoms with Crippen molar-refractivity contribution in [3.05, 3.63) is 170 Å². The van der Waals surface area contributed by atoms with Gasteiger partial charge >= 0.3 is 0 Å². The molecule has 0 atom stereocenters. The van der Waals surface area contributed by atoms with Crippen molar-refractivity contribution < 1.29 is 0 Å². The molecule has 0 aliphatic carbocycles. The number of hydrogen-bond acceptors (Lipinski definition) is 1. The van der Waals surface area contributed by atoms with E-state index in [1.165, 1.54) is 49.4 Å². The average Bonchev–Trinajstić information content (AvgIpc) is 3.40. The van der Waals surface area contributed by atoms with Gasteiger partial charge in [-0.25, -0.2) is 0 Å². The highest BCUT2D eigenvalue weighted by Gasteiger charge is 2.16. The van der Waals surface area contributed by atoms with Crippen LogP contribution >= 0.6 is 0 Å². The highest BCUT2D eigenvalue weighted by Crippen LogP contribution is 2.39. The molecule has 8 aromatic rings. The van der Waals surface area contributed by atoms with Crippen LogP contribution in [0.5, 0.6) is 0 Å². The lowest BCUT2D eigenvalue weighted by molar-refractivity contribution is 1.20. The Labute approximate surface area is 245 Å². The Morgan fingerprint density at radius 1 is 0.333 bits per heavy atom. The lowest BCUT2D eigenvalue weighted by atomic mass is 9.96. The Bertz CT molecular complexity index is 2080. The predicted molar refractivity (Wildman–Crippen MR) is 178 cm³/mol. The summed E-state index contributed by atoms with van der Waals surface area (Å²) < 4.78 is 2.41. The summed E-state index contributed by atoms with van der Waals surface area (Å²) in [6, 6.07) is 60.8. The molecular weight excluding hydrogens is 508 g/mol. The van der Waals surface area contributed by atoms with Gasteiger partial charge in [0.1, 0.15) is 0 Å². The second-order valence-electron chi connectivity index (χ2n) is 10.6. The summed E-state index contributed by atoms with van der Waals surface area (Å²) in [5, 5.41) is 5.03. The summed E-state index contributed by atoms with van der Waals surface area (Å²) in [7, 11) is 0. The summed E-state index contributed by atoms with van der Waals surface area (Å²) in [6.07, 6.45) is 0. The molecule has 8 rings (SSSR count). The minimum absolute atomic E-state index is 1.13. The predicted octanol–water partition coefficient (Wildman–Crippen LogP) is 11.1. The molecular formula is C40H28N2. The SMILES string of the molecule is c1ccc(N(c2ccccc2)c2ccc(-c3ccc(-n4c5ccccc5c5ccccc54)c4ccccc34)cc2)cc1. The maximum atomic E-state index is 2.41. The molecule has 0 radical (unpaired) electrons. The first kappa shape index (κ1) is 24.2. The number of benzene rings is 7. The van der Waals surface area contributed by atoms with Gasteiger partial charge in [-0.1, -0.05) is 115 Å².